The molecule has 0 spiro atoms. The summed E-state index contributed by atoms with van der Waals surface area (Å²) in [6.45, 7) is 0.766. The molecule has 24 heavy (non-hydrogen) atoms. The van der Waals surface area contributed by atoms with E-state index >= 15 is 0 Å². The quantitative estimate of drug-likeness (QED) is 0.869. The van der Waals surface area contributed by atoms with Gasteiger partial charge in [-0.25, -0.2) is 0 Å². The Kier molecular flexibility index (Phi) is 4.24. The van der Waals surface area contributed by atoms with Crippen molar-refractivity contribution < 1.29 is 9.53 Å². The highest BCUT2D eigenvalue weighted by molar-refractivity contribution is 6.11. The van der Waals surface area contributed by atoms with Crippen LogP contribution in [-0.2, 0) is 6.54 Å². The molecular formula is C19H19N3O2. The lowest BCUT2D eigenvalue weighted by Gasteiger charge is -2.20. The maximum absolute atomic E-state index is 12.8. The van der Waals surface area contributed by atoms with Crippen LogP contribution in [0.2, 0.25) is 0 Å². The third kappa shape index (κ3) is 2.72. The van der Waals surface area contributed by atoms with Crippen LogP contribution >= 0.6 is 0 Å². The van der Waals surface area contributed by atoms with E-state index in [1.165, 1.54) is 0 Å². The number of rotatable bonds is 4. The molecule has 2 aromatic rings. The van der Waals surface area contributed by atoms with E-state index in [1.807, 2.05) is 32.3 Å². The molecule has 5 heteroatoms. The largest absolute Gasteiger partial charge is 0.497 e. The normalized spacial score (nSPS) is 16.2. The number of amides is 1. The van der Waals surface area contributed by atoms with Gasteiger partial charge in [-0.2, -0.15) is 5.26 Å². The molecule has 5 nitrogen and oxygen atoms in total. The van der Waals surface area contributed by atoms with E-state index in [0.717, 1.165) is 17.7 Å². The van der Waals surface area contributed by atoms with Gasteiger partial charge in [0.05, 0.1) is 13.2 Å². The monoisotopic (exact) mass is 321 g/mol. The number of nitriles is 1. The number of methoxy groups -OCH3 is 1. The third-order valence-corrected chi connectivity index (χ3v) is 4.09. The molecule has 0 aromatic heterocycles. The predicted octanol–water partition coefficient (Wildman–Crippen LogP) is 2.98. The minimum Gasteiger partial charge on any atom is -0.497 e. The number of nitrogens with zero attached hydrogens (tertiary/aromatic N) is 3. The molecule has 3 rings (SSSR count). The standard InChI is InChI=1S/C19H19N3O2/c1-21(2)12-13-4-9-16-17(10-13)18(11-20)22(19(16)23)14-5-7-15(24-3)8-6-14/h4-10,18H,12H2,1-3H3. The zero-order valence-electron chi connectivity index (χ0n) is 14.0. The molecule has 1 amide bonds. The molecule has 0 aliphatic carbocycles. The maximum Gasteiger partial charge on any atom is 0.260 e. The molecule has 0 N–H and O–H groups in total. The molecule has 0 saturated heterocycles. The van der Waals surface area contributed by atoms with Gasteiger partial charge in [-0.15, -0.1) is 0 Å². The maximum atomic E-state index is 12.8. The number of fused-ring (bicyclic) bond motifs is 1. The van der Waals surface area contributed by atoms with Gasteiger partial charge in [0.25, 0.3) is 5.91 Å². The highest BCUT2D eigenvalue weighted by atomic mass is 16.5. The zero-order chi connectivity index (χ0) is 17.3. The molecule has 0 saturated carbocycles. The van der Waals surface area contributed by atoms with Crippen molar-refractivity contribution in [1.82, 2.24) is 4.90 Å². The molecular weight excluding hydrogens is 302 g/mol. The highest BCUT2D eigenvalue weighted by Crippen LogP contribution is 2.38. The van der Waals surface area contributed by atoms with Crippen molar-refractivity contribution in [1.29, 1.82) is 5.26 Å². The van der Waals surface area contributed by atoms with Crippen molar-refractivity contribution in [2.24, 2.45) is 0 Å². The fraction of sp³-hybridized carbons (Fsp3) is 0.263. The number of hydrogen-bond donors (Lipinski definition) is 0. The van der Waals surface area contributed by atoms with Crippen molar-refractivity contribution in [2.75, 3.05) is 26.1 Å². The molecule has 1 aliphatic heterocycles. The van der Waals surface area contributed by atoms with Gasteiger partial charge < -0.3 is 9.64 Å². The highest BCUT2D eigenvalue weighted by Gasteiger charge is 2.38. The summed E-state index contributed by atoms with van der Waals surface area (Å²) in [5.74, 6) is 0.572. The molecule has 1 atom stereocenters. The first-order valence-electron chi connectivity index (χ1n) is 7.70. The predicted molar refractivity (Wildman–Crippen MR) is 92.0 cm³/mol. The number of carbonyl (C=O) groups excluding carboxylic acids is 1. The van der Waals surface area contributed by atoms with Crippen LogP contribution in [0.25, 0.3) is 0 Å². The third-order valence-electron chi connectivity index (χ3n) is 4.09. The Balaban J connectivity index is 2.00. The van der Waals surface area contributed by atoms with Crippen LogP contribution in [0.4, 0.5) is 5.69 Å². The van der Waals surface area contributed by atoms with Gasteiger partial charge in [0.2, 0.25) is 0 Å². The minimum atomic E-state index is -0.608. The molecule has 2 aromatic carbocycles. The van der Waals surface area contributed by atoms with Gasteiger partial charge in [-0.1, -0.05) is 12.1 Å². The van der Waals surface area contributed by atoms with Crippen LogP contribution in [-0.4, -0.2) is 32.0 Å². The summed E-state index contributed by atoms with van der Waals surface area (Å²) in [6, 6.07) is 14.6. The topological polar surface area (TPSA) is 56.6 Å². The van der Waals surface area contributed by atoms with Crippen LogP contribution < -0.4 is 9.64 Å². The Bertz CT molecular complexity index is 806. The van der Waals surface area contributed by atoms with Crippen molar-refractivity contribution in [3.8, 4) is 11.8 Å². The SMILES string of the molecule is COc1ccc(N2C(=O)c3ccc(CN(C)C)cc3C2C#N)cc1. The van der Waals surface area contributed by atoms with Crippen LogP contribution in [0, 0.1) is 11.3 Å². The fourth-order valence-electron chi connectivity index (χ4n) is 3.02. The first-order chi connectivity index (χ1) is 11.5. The van der Waals surface area contributed by atoms with E-state index in [4.69, 9.17) is 4.74 Å². The van der Waals surface area contributed by atoms with Gasteiger partial charge >= 0.3 is 0 Å². The summed E-state index contributed by atoms with van der Waals surface area (Å²) < 4.78 is 5.15. The Hall–Kier alpha value is -2.84. The summed E-state index contributed by atoms with van der Waals surface area (Å²) in [5, 5.41) is 9.66. The van der Waals surface area contributed by atoms with Crippen molar-refractivity contribution in [3.63, 3.8) is 0 Å². The fourth-order valence-corrected chi connectivity index (χ4v) is 3.02. The number of carbonyl (C=O) groups is 1. The number of ether oxygens (including phenoxy) is 1. The first kappa shape index (κ1) is 16.0. The lowest BCUT2D eigenvalue weighted by Crippen LogP contribution is -2.26. The van der Waals surface area contributed by atoms with Gasteiger partial charge in [-0.3, -0.25) is 9.69 Å². The number of hydrogen-bond acceptors (Lipinski definition) is 4. The second-order valence-electron chi connectivity index (χ2n) is 6.06. The van der Waals surface area contributed by atoms with Crippen LogP contribution in [0.3, 0.4) is 0 Å². The molecule has 0 bridgehead atoms. The van der Waals surface area contributed by atoms with Gasteiger partial charge in [0, 0.05) is 23.4 Å². The zero-order valence-corrected chi connectivity index (χ0v) is 14.0. The summed E-state index contributed by atoms with van der Waals surface area (Å²) in [5.41, 5.74) is 3.15. The Morgan fingerprint density at radius 2 is 1.92 bits per heavy atom. The van der Waals surface area contributed by atoms with E-state index in [2.05, 4.69) is 11.0 Å². The van der Waals surface area contributed by atoms with E-state index in [-0.39, 0.29) is 5.91 Å². The molecule has 1 heterocycles. The minimum absolute atomic E-state index is 0.141. The average Bonchev–Trinajstić information content (AvgIpc) is 2.86. The first-order valence-corrected chi connectivity index (χ1v) is 7.70. The van der Waals surface area contributed by atoms with Crippen molar-refractivity contribution >= 4 is 11.6 Å². The summed E-state index contributed by atoms with van der Waals surface area (Å²) in [7, 11) is 5.57. The van der Waals surface area contributed by atoms with Crippen molar-refractivity contribution in [2.45, 2.75) is 12.6 Å². The van der Waals surface area contributed by atoms with Crippen molar-refractivity contribution in [3.05, 3.63) is 59.2 Å². The smallest absolute Gasteiger partial charge is 0.260 e. The number of benzene rings is 2. The van der Waals surface area contributed by atoms with Gasteiger partial charge in [-0.05, 0) is 50.0 Å². The van der Waals surface area contributed by atoms with E-state index < -0.39 is 6.04 Å². The lowest BCUT2D eigenvalue weighted by atomic mass is 10.0. The van der Waals surface area contributed by atoms with Crippen LogP contribution in [0.1, 0.15) is 27.5 Å². The lowest BCUT2D eigenvalue weighted by molar-refractivity contribution is 0.0994. The van der Waals surface area contributed by atoms with Crippen LogP contribution in [0.15, 0.2) is 42.5 Å². The molecule has 1 aliphatic rings. The Morgan fingerprint density at radius 1 is 1.21 bits per heavy atom. The van der Waals surface area contributed by atoms with Gasteiger partial charge in [0.15, 0.2) is 6.04 Å². The van der Waals surface area contributed by atoms with Gasteiger partial charge in [0.1, 0.15) is 5.75 Å². The van der Waals surface area contributed by atoms with Crippen LogP contribution in [0.5, 0.6) is 5.75 Å². The summed E-state index contributed by atoms with van der Waals surface area (Å²) in [4.78, 5) is 16.4. The molecule has 0 fully saturated rings. The van der Waals surface area contributed by atoms with E-state index in [9.17, 15) is 10.1 Å². The second-order valence-corrected chi connectivity index (χ2v) is 6.06. The molecule has 1 unspecified atom stereocenters. The molecule has 0 radical (unpaired) electrons. The van der Waals surface area contributed by atoms with E-state index in [0.29, 0.717) is 17.0 Å². The second kappa shape index (κ2) is 6.34. The summed E-state index contributed by atoms with van der Waals surface area (Å²) in [6.07, 6.45) is 0. The molecule has 122 valence electrons. The average molecular weight is 321 g/mol. The van der Waals surface area contributed by atoms with E-state index in [1.54, 1.807) is 36.3 Å². The Labute approximate surface area is 141 Å². The summed E-state index contributed by atoms with van der Waals surface area (Å²) >= 11 is 0. The Morgan fingerprint density at radius 3 is 2.50 bits per heavy atom. The number of anilines is 1.